The largest absolute Gasteiger partial charge is 0.385 e. The molecule has 0 amide bonds. The molecule has 0 saturated heterocycles. The van der Waals surface area contributed by atoms with Gasteiger partial charge in [0.05, 0.1) is 5.60 Å². The van der Waals surface area contributed by atoms with Crippen LogP contribution in [0.4, 0.5) is 0 Å². The molecule has 3 aromatic carbocycles. The first-order valence-electron chi connectivity index (χ1n) is 7.47. The fraction of sp³-hybridized carbons (Fsp3) is 0.200. The molecule has 0 fully saturated rings. The number of hydrogen-bond acceptors (Lipinski definition) is 1. The molecule has 1 unspecified atom stereocenters. The predicted octanol–water partition coefficient (Wildman–Crippen LogP) is 4.68. The lowest BCUT2D eigenvalue weighted by molar-refractivity contribution is 0.0328. The Balaban J connectivity index is 2.00. The van der Waals surface area contributed by atoms with Crippen molar-refractivity contribution in [2.24, 2.45) is 0 Å². The van der Waals surface area contributed by atoms with Gasteiger partial charge in [0.2, 0.25) is 0 Å². The second-order valence-electron chi connectivity index (χ2n) is 5.61. The van der Waals surface area contributed by atoms with E-state index in [1.165, 1.54) is 10.8 Å². The fourth-order valence-electron chi connectivity index (χ4n) is 2.84. The maximum absolute atomic E-state index is 11.1. The van der Waals surface area contributed by atoms with E-state index in [0.29, 0.717) is 12.8 Å². The Hall–Kier alpha value is -2.12. The number of aliphatic hydroxyl groups is 1. The van der Waals surface area contributed by atoms with Crippen LogP contribution in [0.3, 0.4) is 0 Å². The molecule has 106 valence electrons. The Kier molecular flexibility index (Phi) is 3.76. The van der Waals surface area contributed by atoms with Crippen molar-refractivity contribution in [3.8, 4) is 0 Å². The monoisotopic (exact) mass is 276 g/mol. The average molecular weight is 276 g/mol. The summed E-state index contributed by atoms with van der Waals surface area (Å²) >= 11 is 0. The molecule has 0 saturated carbocycles. The number of benzene rings is 3. The summed E-state index contributed by atoms with van der Waals surface area (Å²) in [6.07, 6.45) is 1.34. The van der Waals surface area contributed by atoms with E-state index in [0.717, 1.165) is 11.1 Å². The molecule has 0 radical (unpaired) electrons. The number of rotatable bonds is 4. The second kappa shape index (κ2) is 5.71. The lowest BCUT2D eigenvalue weighted by Crippen LogP contribution is -2.27. The summed E-state index contributed by atoms with van der Waals surface area (Å²) in [4.78, 5) is 0. The molecule has 3 aromatic rings. The first kappa shape index (κ1) is 13.8. The van der Waals surface area contributed by atoms with E-state index in [9.17, 15) is 5.11 Å². The van der Waals surface area contributed by atoms with Gasteiger partial charge >= 0.3 is 0 Å². The van der Waals surface area contributed by atoms with E-state index in [1.54, 1.807) is 0 Å². The van der Waals surface area contributed by atoms with Crippen molar-refractivity contribution in [2.45, 2.75) is 25.4 Å². The molecule has 0 aliphatic heterocycles. The second-order valence-corrected chi connectivity index (χ2v) is 5.61. The molecule has 0 aromatic heterocycles. The number of hydrogen-bond donors (Lipinski definition) is 1. The van der Waals surface area contributed by atoms with E-state index >= 15 is 0 Å². The Morgan fingerprint density at radius 1 is 0.810 bits per heavy atom. The first-order chi connectivity index (χ1) is 10.2. The SMILES string of the molecule is CCC(O)(Cc1ccccc1)c1ccc2ccccc2c1. The van der Waals surface area contributed by atoms with Crippen molar-refractivity contribution in [2.75, 3.05) is 0 Å². The van der Waals surface area contributed by atoms with Crippen molar-refractivity contribution in [3.63, 3.8) is 0 Å². The molecule has 21 heavy (non-hydrogen) atoms. The quantitative estimate of drug-likeness (QED) is 0.733. The lowest BCUT2D eigenvalue weighted by Gasteiger charge is -2.28. The molecule has 1 atom stereocenters. The molecule has 1 nitrogen and oxygen atoms in total. The van der Waals surface area contributed by atoms with E-state index in [2.05, 4.69) is 42.5 Å². The van der Waals surface area contributed by atoms with Crippen LogP contribution in [0.25, 0.3) is 10.8 Å². The van der Waals surface area contributed by atoms with Crippen molar-refractivity contribution in [1.82, 2.24) is 0 Å². The maximum Gasteiger partial charge on any atom is 0.0934 e. The summed E-state index contributed by atoms with van der Waals surface area (Å²) in [5.74, 6) is 0. The first-order valence-corrected chi connectivity index (χ1v) is 7.47. The van der Waals surface area contributed by atoms with Crippen LogP contribution in [0.1, 0.15) is 24.5 Å². The van der Waals surface area contributed by atoms with Gasteiger partial charge in [-0.1, -0.05) is 73.7 Å². The average Bonchev–Trinajstić information content (AvgIpc) is 2.55. The highest BCUT2D eigenvalue weighted by Crippen LogP contribution is 2.31. The highest BCUT2D eigenvalue weighted by Gasteiger charge is 2.27. The van der Waals surface area contributed by atoms with Gasteiger partial charge in [-0.25, -0.2) is 0 Å². The Labute approximate surface area is 125 Å². The zero-order valence-corrected chi connectivity index (χ0v) is 12.3. The minimum atomic E-state index is -0.814. The lowest BCUT2D eigenvalue weighted by atomic mass is 9.84. The maximum atomic E-state index is 11.1. The Morgan fingerprint density at radius 3 is 2.19 bits per heavy atom. The van der Waals surface area contributed by atoms with Crippen LogP contribution < -0.4 is 0 Å². The smallest absolute Gasteiger partial charge is 0.0934 e. The van der Waals surface area contributed by atoms with Crippen molar-refractivity contribution in [1.29, 1.82) is 0 Å². The van der Waals surface area contributed by atoms with Gasteiger partial charge in [-0.2, -0.15) is 0 Å². The zero-order valence-electron chi connectivity index (χ0n) is 12.3. The molecule has 1 N–H and O–H groups in total. The molecular formula is C20H20O. The van der Waals surface area contributed by atoms with E-state index < -0.39 is 5.60 Å². The van der Waals surface area contributed by atoms with Gasteiger partial charge in [-0.05, 0) is 34.4 Å². The fourth-order valence-corrected chi connectivity index (χ4v) is 2.84. The Morgan fingerprint density at radius 2 is 1.48 bits per heavy atom. The van der Waals surface area contributed by atoms with E-state index in [-0.39, 0.29) is 0 Å². The van der Waals surface area contributed by atoms with Crippen LogP contribution in [0.5, 0.6) is 0 Å². The Bertz CT molecular complexity index is 733. The highest BCUT2D eigenvalue weighted by molar-refractivity contribution is 5.83. The molecule has 3 rings (SSSR count). The molecule has 0 heterocycles. The minimum Gasteiger partial charge on any atom is -0.385 e. The summed E-state index contributed by atoms with van der Waals surface area (Å²) in [5, 5.41) is 13.5. The van der Waals surface area contributed by atoms with Crippen LogP contribution in [0, 0.1) is 0 Å². The van der Waals surface area contributed by atoms with E-state index in [4.69, 9.17) is 0 Å². The number of fused-ring (bicyclic) bond motifs is 1. The van der Waals surface area contributed by atoms with Gasteiger partial charge in [0.25, 0.3) is 0 Å². The van der Waals surface area contributed by atoms with Crippen LogP contribution in [-0.2, 0) is 12.0 Å². The van der Waals surface area contributed by atoms with Crippen molar-refractivity contribution >= 4 is 10.8 Å². The van der Waals surface area contributed by atoms with Gasteiger partial charge in [0.15, 0.2) is 0 Å². The summed E-state index contributed by atoms with van der Waals surface area (Å²) in [6, 6.07) is 24.7. The van der Waals surface area contributed by atoms with Gasteiger partial charge in [-0.15, -0.1) is 0 Å². The zero-order chi connectivity index (χ0) is 14.7. The van der Waals surface area contributed by atoms with E-state index in [1.807, 2.05) is 37.3 Å². The third kappa shape index (κ3) is 2.84. The molecule has 0 aliphatic carbocycles. The van der Waals surface area contributed by atoms with Crippen molar-refractivity contribution < 1.29 is 5.11 Å². The molecule has 0 spiro atoms. The summed E-state index contributed by atoms with van der Waals surface area (Å²) < 4.78 is 0. The van der Waals surface area contributed by atoms with Crippen LogP contribution in [-0.4, -0.2) is 5.11 Å². The van der Waals surface area contributed by atoms with Crippen LogP contribution in [0.2, 0.25) is 0 Å². The van der Waals surface area contributed by atoms with Crippen LogP contribution >= 0.6 is 0 Å². The van der Waals surface area contributed by atoms with Gasteiger partial charge < -0.3 is 5.11 Å². The molecule has 0 bridgehead atoms. The van der Waals surface area contributed by atoms with Gasteiger partial charge in [0.1, 0.15) is 0 Å². The summed E-state index contributed by atoms with van der Waals surface area (Å²) in [7, 11) is 0. The van der Waals surface area contributed by atoms with Gasteiger partial charge in [-0.3, -0.25) is 0 Å². The molecule has 0 aliphatic rings. The summed E-state index contributed by atoms with van der Waals surface area (Å²) in [5.41, 5.74) is 1.34. The molecular weight excluding hydrogens is 256 g/mol. The third-order valence-corrected chi connectivity index (χ3v) is 4.21. The topological polar surface area (TPSA) is 20.2 Å². The van der Waals surface area contributed by atoms with Gasteiger partial charge in [0, 0.05) is 6.42 Å². The minimum absolute atomic E-state index is 0.642. The highest BCUT2D eigenvalue weighted by atomic mass is 16.3. The third-order valence-electron chi connectivity index (χ3n) is 4.21. The summed E-state index contributed by atoms with van der Waals surface area (Å²) in [6.45, 7) is 2.04. The normalized spacial score (nSPS) is 14.0. The standard InChI is InChI=1S/C20H20O/c1-2-20(21,15-16-8-4-3-5-9-16)19-13-12-17-10-6-7-11-18(17)14-19/h3-14,21H,2,15H2,1H3. The molecule has 1 heteroatoms. The van der Waals surface area contributed by atoms with Crippen molar-refractivity contribution in [3.05, 3.63) is 83.9 Å². The predicted molar refractivity (Wildman–Crippen MR) is 88.3 cm³/mol. The van der Waals surface area contributed by atoms with Crippen LogP contribution in [0.15, 0.2) is 72.8 Å².